The van der Waals surface area contributed by atoms with E-state index in [0.717, 1.165) is 24.7 Å². The highest BCUT2D eigenvalue weighted by molar-refractivity contribution is 5.39. The molecular weight excluding hydrogens is 222 g/mol. The van der Waals surface area contributed by atoms with Gasteiger partial charge < -0.3 is 15.5 Å². The van der Waals surface area contributed by atoms with Gasteiger partial charge in [-0.3, -0.25) is 0 Å². The van der Waals surface area contributed by atoms with Gasteiger partial charge in [-0.2, -0.15) is 0 Å². The van der Waals surface area contributed by atoms with Crippen LogP contribution in [0.15, 0.2) is 24.3 Å². The zero-order chi connectivity index (χ0) is 13.0. The third-order valence-electron chi connectivity index (χ3n) is 4.03. The predicted molar refractivity (Wildman–Crippen MR) is 77.7 cm³/mol. The molecule has 0 bridgehead atoms. The molecule has 0 amide bonds. The molecule has 100 valence electrons. The fourth-order valence-corrected chi connectivity index (χ4v) is 2.63. The molecular formula is C15H25N3. The molecule has 1 fully saturated rings. The molecule has 1 saturated heterocycles. The minimum atomic E-state index is 0.727. The smallest absolute Gasteiger partial charge is 0.0314 e. The summed E-state index contributed by atoms with van der Waals surface area (Å²) in [6.07, 6.45) is 2.37. The number of nitrogens with zero attached hydrogens (tertiary/aromatic N) is 2. The second-order valence-corrected chi connectivity index (χ2v) is 5.33. The molecule has 1 unspecified atom stereocenters. The van der Waals surface area contributed by atoms with Crippen molar-refractivity contribution in [2.45, 2.75) is 25.8 Å². The van der Waals surface area contributed by atoms with Crippen molar-refractivity contribution in [2.24, 2.45) is 0 Å². The van der Waals surface area contributed by atoms with Crippen LogP contribution in [0, 0.1) is 0 Å². The Morgan fingerprint density at radius 3 is 2.61 bits per heavy atom. The van der Waals surface area contributed by atoms with Gasteiger partial charge in [0.25, 0.3) is 0 Å². The Morgan fingerprint density at radius 1 is 1.22 bits per heavy atom. The number of hydrogen-bond acceptors (Lipinski definition) is 3. The van der Waals surface area contributed by atoms with Gasteiger partial charge in [0.2, 0.25) is 0 Å². The lowest BCUT2D eigenvalue weighted by atomic mass is 10.1. The lowest BCUT2D eigenvalue weighted by Crippen LogP contribution is -2.51. The van der Waals surface area contributed by atoms with E-state index in [9.17, 15) is 0 Å². The molecule has 3 nitrogen and oxygen atoms in total. The van der Waals surface area contributed by atoms with Crippen LogP contribution >= 0.6 is 0 Å². The van der Waals surface area contributed by atoms with Gasteiger partial charge in [0.05, 0.1) is 0 Å². The first-order chi connectivity index (χ1) is 8.69. The van der Waals surface area contributed by atoms with Crippen LogP contribution in [0.5, 0.6) is 0 Å². The lowest BCUT2D eigenvalue weighted by Gasteiger charge is -2.39. The zero-order valence-electron chi connectivity index (χ0n) is 11.6. The molecule has 1 aromatic rings. The average molecular weight is 247 g/mol. The lowest BCUT2D eigenvalue weighted by molar-refractivity contribution is 0.0942. The van der Waals surface area contributed by atoms with Gasteiger partial charge in [0, 0.05) is 37.9 Å². The van der Waals surface area contributed by atoms with Crippen LogP contribution in [-0.2, 0) is 6.42 Å². The van der Waals surface area contributed by atoms with E-state index in [0.29, 0.717) is 0 Å². The molecule has 2 rings (SSSR count). The van der Waals surface area contributed by atoms with E-state index in [-0.39, 0.29) is 0 Å². The molecule has 1 aliphatic rings. The summed E-state index contributed by atoms with van der Waals surface area (Å²) in [6.45, 7) is 7.04. The molecule has 18 heavy (non-hydrogen) atoms. The van der Waals surface area contributed by atoms with E-state index in [1.54, 1.807) is 0 Å². The van der Waals surface area contributed by atoms with E-state index in [2.05, 4.69) is 35.9 Å². The maximum absolute atomic E-state index is 5.70. The van der Waals surface area contributed by atoms with Crippen LogP contribution in [-0.4, -0.2) is 49.1 Å². The number of nitrogen functional groups attached to an aromatic ring is 1. The number of nitrogens with two attached hydrogens (primary N) is 1. The summed E-state index contributed by atoms with van der Waals surface area (Å²) in [5, 5.41) is 0. The number of anilines is 1. The van der Waals surface area contributed by atoms with Gasteiger partial charge in [-0.1, -0.05) is 19.1 Å². The number of likely N-dealkylation sites (N-methyl/N-ethyl adjacent to an activating group) is 1. The summed E-state index contributed by atoms with van der Waals surface area (Å²) in [6, 6.07) is 9.00. The number of piperazine rings is 1. The molecule has 3 heteroatoms. The van der Waals surface area contributed by atoms with Crippen molar-refractivity contribution >= 4 is 5.69 Å². The van der Waals surface area contributed by atoms with Gasteiger partial charge in [-0.15, -0.1) is 0 Å². The topological polar surface area (TPSA) is 32.5 Å². The monoisotopic (exact) mass is 247 g/mol. The largest absolute Gasteiger partial charge is 0.399 e. The standard InChI is InChI=1S/C15H25N3/c1-3-15-12-18(11-10-17(15)2)9-8-13-4-6-14(16)7-5-13/h4-7,15H,3,8-12,16H2,1-2H3. The molecule has 1 aliphatic heterocycles. The fourth-order valence-electron chi connectivity index (χ4n) is 2.63. The first-order valence-electron chi connectivity index (χ1n) is 6.96. The van der Waals surface area contributed by atoms with E-state index in [4.69, 9.17) is 5.73 Å². The van der Waals surface area contributed by atoms with Gasteiger partial charge in [0.15, 0.2) is 0 Å². The number of rotatable bonds is 4. The minimum absolute atomic E-state index is 0.727. The minimum Gasteiger partial charge on any atom is -0.399 e. The summed E-state index contributed by atoms with van der Waals surface area (Å²) < 4.78 is 0. The zero-order valence-corrected chi connectivity index (χ0v) is 11.6. The Morgan fingerprint density at radius 2 is 1.94 bits per heavy atom. The number of benzene rings is 1. The summed E-state index contributed by atoms with van der Waals surface area (Å²) >= 11 is 0. The summed E-state index contributed by atoms with van der Waals surface area (Å²) in [7, 11) is 2.24. The summed E-state index contributed by atoms with van der Waals surface area (Å²) in [5.74, 6) is 0. The predicted octanol–water partition coefficient (Wildman–Crippen LogP) is 1.84. The normalized spacial score (nSPS) is 22.2. The van der Waals surface area contributed by atoms with Crippen molar-refractivity contribution in [1.29, 1.82) is 0 Å². The van der Waals surface area contributed by atoms with E-state index in [1.807, 2.05) is 12.1 Å². The third-order valence-corrected chi connectivity index (χ3v) is 4.03. The fraction of sp³-hybridized carbons (Fsp3) is 0.600. The Balaban J connectivity index is 1.81. The Hall–Kier alpha value is -1.06. The van der Waals surface area contributed by atoms with Crippen LogP contribution in [0.3, 0.4) is 0 Å². The van der Waals surface area contributed by atoms with E-state index in [1.165, 1.54) is 31.6 Å². The second kappa shape index (κ2) is 6.21. The Kier molecular flexibility index (Phi) is 4.61. The first kappa shape index (κ1) is 13.4. The van der Waals surface area contributed by atoms with Gasteiger partial charge >= 0.3 is 0 Å². The molecule has 1 atom stereocenters. The third kappa shape index (κ3) is 3.47. The average Bonchev–Trinajstić information content (AvgIpc) is 2.39. The number of hydrogen-bond donors (Lipinski definition) is 1. The molecule has 1 heterocycles. The van der Waals surface area contributed by atoms with Crippen LogP contribution in [0.4, 0.5) is 5.69 Å². The van der Waals surface area contributed by atoms with Gasteiger partial charge in [-0.25, -0.2) is 0 Å². The van der Waals surface area contributed by atoms with Crippen molar-refractivity contribution in [3.05, 3.63) is 29.8 Å². The van der Waals surface area contributed by atoms with E-state index < -0.39 is 0 Å². The van der Waals surface area contributed by atoms with E-state index >= 15 is 0 Å². The van der Waals surface area contributed by atoms with Crippen molar-refractivity contribution in [3.8, 4) is 0 Å². The van der Waals surface area contributed by atoms with Gasteiger partial charge in [-0.05, 0) is 37.6 Å². The SMILES string of the molecule is CCC1CN(CCc2ccc(N)cc2)CCN1C. The maximum Gasteiger partial charge on any atom is 0.0314 e. The second-order valence-electron chi connectivity index (χ2n) is 5.33. The summed E-state index contributed by atoms with van der Waals surface area (Å²) in [5.41, 5.74) is 7.94. The van der Waals surface area contributed by atoms with Crippen molar-refractivity contribution in [3.63, 3.8) is 0 Å². The molecule has 2 N–H and O–H groups in total. The quantitative estimate of drug-likeness (QED) is 0.824. The molecule has 0 aromatic heterocycles. The Labute approximate surface area is 111 Å². The van der Waals surface area contributed by atoms with Crippen molar-refractivity contribution < 1.29 is 0 Å². The molecule has 0 spiro atoms. The van der Waals surface area contributed by atoms with Crippen LogP contribution in [0.2, 0.25) is 0 Å². The first-order valence-corrected chi connectivity index (χ1v) is 6.96. The van der Waals surface area contributed by atoms with Crippen LogP contribution in [0.1, 0.15) is 18.9 Å². The van der Waals surface area contributed by atoms with Crippen LogP contribution in [0.25, 0.3) is 0 Å². The highest BCUT2D eigenvalue weighted by atomic mass is 15.3. The van der Waals surface area contributed by atoms with Crippen LogP contribution < -0.4 is 5.73 Å². The molecule has 1 aromatic carbocycles. The highest BCUT2D eigenvalue weighted by Gasteiger charge is 2.22. The highest BCUT2D eigenvalue weighted by Crippen LogP contribution is 2.12. The van der Waals surface area contributed by atoms with Crippen molar-refractivity contribution in [1.82, 2.24) is 9.80 Å². The molecule has 0 aliphatic carbocycles. The summed E-state index contributed by atoms with van der Waals surface area (Å²) in [4.78, 5) is 5.07. The van der Waals surface area contributed by atoms with Gasteiger partial charge in [0.1, 0.15) is 0 Å². The maximum atomic E-state index is 5.70. The Bertz CT molecular complexity index is 361. The molecule has 0 saturated carbocycles. The van der Waals surface area contributed by atoms with Crippen molar-refractivity contribution in [2.75, 3.05) is 39.0 Å². The molecule has 0 radical (unpaired) electrons.